The summed E-state index contributed by atoms with van der Waals surface area (Å²) >= 11 is 6.29. The highest BCUT2D eigenvalue weighted by molar-refractivity contribution is 6.32. The minimum Gasteiger partial charge on any atom is -0.476 e. The number of carbonyl (C=O) groups excluding carboxylic acids is 2. The third kappa shape index (κ3) is 6.54. The Bertz CT molecular complexity index is 1600. The Labute approximate surface area is 238 Å². The molecule has 0 aliphatic rings. The lowest BCUT2D eigenvalue weighted by atomic mass is 9.86. The summed E-state index contributed by atoms with van der Waals surface area (Å²) < 4.78 is 17.1. The quantitative estimate of drug-likeness (QED) is 0.227. The lowest BCUT2D eigenvalue weighted by Crippen LogP contribution is -2.22. The van der Waals surface area contributed by atoms with Gasteiger partial charge in [-0.1, -0.05) is 63.6 Å². The summed E-state index contributed by atoms with van der Waals surface area (Å²) in [4.78, 5) is 38.3. The van der Waals surface area contributed by atoms with Crippen LogP contribution in [0.4, 0.5) is 5.69 Å². The summed E-state index contributed by atoms with van der Waals surface area (Å²) in [6, 6.07) is 17.3. The molecular weight excluding hydrogens is 530 g/mol. The molecule has 8 heteroatoms. The third-order valence-electron chi connectivity index (χ3n) is 6.33. The van der Waals surface area contributed by atoms with E-state index < -0.39 is 23.9 Å². The van der Waals surface area contributed by atoms with Gasteiger partial charge in [-0.25, -0.2) is 4.79 Å². The first-order chi connectivity index (χ1) is 19.0. The average Bonchev–Trinajstić information content (AvgIpc) is 2.92. The molecule has 0 bridgehead atoms. The molecule has 1 amide bonds. The van der Waals surface area contributed by atoms with Gasteiger partial charge in [0.25, 0.3) is 5.91 Å². The molecule has 40 heavy (non-hydrogen) atoms. The monoisotopic (exact) mass is 561 g/mol. The van der Waals surface area contributed by atoms with E-state index in [1.807, 2.05) is 38.1 Å². The fourth-order valence-corrected chi connectivity index (χ4v) is 4.21. The number of nitrogens with one attached hydrogen (secondary N) is 1. The van der Waals surface area contributed by atoms with Crippen molar-refractivity contribution in [3.8, 4) is 17.1 Å². The molecule has 7 nitrogen and oxygen atoms in total. The summed E-state index contributed by atoms with van der Waals surface area (Å²) in [6.07, 6.45) is 0.728. The molecule has 208 valence electrons. The molecule has 0 aliphatic carbocycles. The van der Waals surface area contributed by atoms with E-state index >= 15 is 0 Å². The zero-order valence-electron chi connectivity index (χ0n) is 23.2. The Morgan fingerprint density at radius 2 is 1.68 bits per heavy atom. The molecule has 3 aromatic carbocycles. The second kappa shape index (κ2) is 12.0. The van der Waals surface area contributed by atoms with Crippen LogP contribution in [-0.2, 0) is 14.9 Å². The number of hydrogen-bond donors (Lipinski definition) is 1. The van der Waals surface area contributed by atoms with Crippen LogP contribution in [0.3, 0.4) is 0 Å². The molecular formula is C32H32ClNO6. The van der Waals surface area contributed by atoms with E-state index in [-0.39, 0.29) is 22.3 Å². The number of rotatable bonds is 8. The Morgan fingerprint density at radius 1 is 1.00 bits per heavy atom. The highest BCUT2D eigenvalue weighted by atomic mass is 35.5. The number of carbonyl (C=O) groups is 2. The molecule has 4 aromatic rings. The Hall–Kier alpha value is -4.10. The highest BCUT2D eigenvalue weighted by Crippen LogP contribution is 2.34. The minimum atomic E-state index is -0.489. The van der Waals surface area contributed by atoms with Crippen LogP contribution in [0.25, 0.3) is 22.3 Å². The van der Waals surface area contributed by atoms with Crippen molar-refractivity contribution in [1.29, 1.82) is 0 Å². The number of benzene rings is 3. The molecule has 0 saturated carbocycles. The summed E-state index contributed by atoms with van der Waals surface area (Å²) in [5, 5.41) is 3.39. The first-order valence-electron chi connectivity index (χ1n) is 13.1. The van der Waals surface area contributed by atoms with Gasteiger partial charge in [0, 0.05) is 16.3 Å². The maximum atomic E-state index is 13.5. The van der Waals surface area contributed by atoms with Crippen molar-refractivity contribution in [2.75, 3.05) is 18.5 Å². The van der Waals surface area contributed by atoms with E-state index in [9.17, 15) is 14.4 Å². The summed E-state index contributed by atoms with van der Waals surface area (Å²) in [5.41, 5.74) is 3.26. The minimum absolute atomic E-state index is 0.0535. The van der Waals surface area contributed by atoms with Crippen molar-refractivity contribution in [2.45, 2.75) is 46.5 Å². The zero-order chi connectivity index (χ0) is 29.0. The summed E-state index contributed by atoms with van der Waals surface area (Å²) in [5.74, 6) is -0.774. The van der Waals surface area contributed by atoms with Crippen LogP contribution in [0.5, 0.6) is 5.75 Å². The van der Waals surface area contributed by atoms with Crippen LogP contribution >= 0.6 is 11.6 Å². The molecule has 0 atom stereocenters. The number of halogens is 1. The van der Waals surface area contributed by atoms with E-state index in [0.717, 1.165) is 17.5 Å². The molecule has 4 rings (SSSR count). The van der Waals surface area contributed by atoms with Crippen LogP contribution in [0.15, 0.2) is 69.9 Å². The lowest BCUT2D eigenvalue weighted by molar-refractivity contribution is -0.118. The van der Waals surface area contributed by atoms with E-state index in [1.54, 1.807) is 36.4 Å². The molecule has 0 fully saturated rings. The van der Waals surface area contributed by atoms with E-state index in [0.29, 0.717) is 34.0 Å². The second-order valence-corrected chi connectivity index (χ2v) is 11.0. The fraction of sp³-hybridized carbons (Fsp3) is 0.281. The maximum absolute atomic E-state index is 13.5. The van der Waals surface area contributed by atoms with Gasteiger partial charge in [0.15, 0.2) is 12.4 Å². The van der Waals surface area contributed by atoms with E-state index in [1.165, 1.54) is 0 Å². The first kappa shape index (κ1) is 28.9. The van der Waals surface area contributed by atoms with Crippen molar-refractivity contribution in [3.63, 3.8) is 0 Å². The Kier molecular flexibility index (Phi) is 8.64. The van der Waals surface area contributed by atoms with Crippen LogP contribution < -0.4 is 15.5 Å². The van der Waals surface area contributed by atoms with Gasteiger partial charge in [0.05, 0.1) is 17.6 Å². The van der Waals surface area contributed by atoms with Gasteiger partial charge in [-0.3, -0.25) is 9.59 Å². The van der Waals surface area contributed by atoms with Gasteiger partial charge in [-0.15, -0.1) is 0 Å². The predicted octanol–water partition coefficient (Wildman–Crippen LogP) is 7.30. The number of fused-ring (bicyclic) bond motifs is 1. The number of hydrogen-bond acceptors (Lipinski definition) is 6. The third-order valence-corrected chi connectivity index (χ3v) is 6.74. The van der Waals surface area contributed by atoms with Gasteiger partial charge >= 0.3 is 5.97 Å². The maximum Gasteiger partial charge on any atom is 0.338 e. The Morgan fingerprint density at radius 3 is 2.30 bits per heavy atom. The van der Waals surface area contributed by atoms with Gasteiger partial charge in [0.2, 0.25) is 11.2 Å². The fourth-order valence-electron chi connectivity index (χ4n) is 4.04. The van der Waals surface area contributed by atoms with Crippen LogP contribution in [0, 0.1) is 6.92 Å². The topological polar surface area (TPSA) is 94.8 Å². The second-order valence-electron chi connectivity index (χ2n) is 10.6. The number of amides is 1. The summed E-state index contributed by atoms with van der Waals surface area (Å²) in [6.45, 7) is 9.98. The van der Waals surface area contributed by atoms with Crippen molar-refractivity contribution in [3.05, 3.63) is 92.6 Å². The predicted molar refractivity (Wildman–Crippen MR) is 158 cm³/mol. The molecule has 0 spiro atoms. The molecule has 0 radical (unpaired) electrons. The molecule has 1 N–H and O–H groups in total. The van der Waals surface area contributed by atoms with E-state index in [2.05, 4.69) is 26.1 Å². The van der Waals surface area contributed by atoms with Crippen molar-refractivity contribution < 1.29 is 23.5 Å². The number of esters is 1. The van der Waals surface area contributed by atoms with Gasteiger partial charge < -0.3 is 19.2 Å². The van der Waals surface area contributed by atoms with Crippen molar-refractivity contribution in [1.82, 2.24) is 0 Å². The van der Waals surface area contributed by atoms with Crippen LogP contribution in [0.1, 0.15) is 55.6 Å². The number of aryl methyl sites for hydroxylation is 1. The smallest absolute Gasteiger partial charge is 0.338 e. The lowest BCUT2D eigenvalue weighted by Gasteiger charge is -2.19. The zero-order valence-corrected chi connectivity index (χ0v) is 24.0. The first-order valence-corrected chi connectivity index (χ1v) is 13.4. The molecule has 0 saturated heterocycles. The standard InChI is InChI=1S/C32H32ClNO6/c1-6-15-38-31(37)21-9-13-23(14-10-21)34-27(35)18-39-30-28(36)24-17-25(33)19(2)16-26(24)40-29(30)20-7-11-22(12-8-20)32(3,4)5/h7-14,16-17H,6,15,18H2,1-5H3,(H,34,35). The van der Waals surface area contributed by atoms with Gasteiger partial charge in [0.1, 0.15) is 5.58 Å². The van der Waals surface area contributed by atoms with Crippen molar-refractivity contribution >= 4 is 40.1 Å². The Balaban J connectivity index is 1.60. The van der Waals surface area contributed by atoms with Crippen LogP contribution in [-0.4, -0.2) is 25.1 Å². The number of anilines is 1. The SMILES string of the molecule is CCCOC(=O)c1ccc(NC(=O)COc2c(-c3ccc(C(C)(C)C)cc3)oc3cc(C)c(Cl)cc3c2=O)cc1. The molecule has 0 aliphatic heterocycles. The van der Waals surface area contributed by atoms with Crippen molar-refractivity contribution in [2.24, 2.45) is 0 Å². The van der Waals surface area contributed by atoms with Gasteiger partial charge in [-0.2, -0.15) is 0 Å². The van der Waals surface area contributed by atoms with E-state index in [4.69, 9.17) is 25.5 Å². The number of ether oxygens (including phenoxy) is 2. The van der Waals surface area contributed by atoms with Crippen LogP contribution in [0.2, 0.25) is 5.02 Å². The van der Waals surface area contributed by atoms with Gasteiger partial charge in [-0.05, 0) is 66.3 Å². The molecule has 1 heterocycles. The normalized spacial score (nSPS) is 11.3. The largest absolute Gasteiger partial charge is 0.476 e. The average molecular weight is 562 g/mol. The molecule has 1 aromatic heterocycles. The summed E-state index contributed by atoms with van der Waals surface area (Å²) in [7, 11) is 0. The highest BCUT2D eigenvalue weighted by Gasteiger charge is 2.21. The molecule has 0 unspecified atom stereocenters.